The highest BCUT2D eigenvalue weighted by molar-refractivity contribution is 4.99. The van der Waals surface area contributed by atoms with Crippen LogP contribution in [0.15, 0.2) is 12.2 Å². The minimum absolute atomic E-state index is 0.236. The van der Waals surface area contributed by atoms with Gasteiger partial charge in [0.1, 0.15) is 5.92 Å². The summed E-state index contributed by atoms with van der Waals surface area (Å²) in [6.07, 6.45) is 2.47. The molecule has 1 rings (SSSR count). The first-order chi connectivity index (χ1) is 8.49. The van der Waals surface area contributed by atoms with E-state index < -0.39 is 24.8 Å². The van der Waals surface area contributed by atoms with E-state index >= 15 is 0 Å². The van der Waals surface area contributed by atoms with E-state index in [1.807, 2.05) is 0 Å². The number of alkyl halides is 3. The van der Waals surface area contributed by atoms with Gasteiger partial charge in [0, 0.05) is 7.11 Å². The molecule has 0 aromatic heterocycles. The average Bonchev–Trinajstić information content (AvgIpc) is 2.34. The number of aliphatic hydroxyl groups excluding tert-OH is 1. The Morgan fingerprint density at radius 3 is 2.33 bits per heavy atom. The van der Waals surface area contributed by atoms with Gasteiger partial charge in [0.05, 0.1) is 12.7 Å². The van der Waals surface area contributed by atoms with Crippen molar-refractivity contribution >= 4 is 0 Å². The maximum atomic E-state index is 12.9. The van der Waals surface area contributed by atoms with Crippen molar-refractivity contribution < 1.29 is 23.0 Å². The molecule has 2 nitrogen and oxygen atoms in total. The summed E-state index contributed by atoms with van der Waals surface area (Å²) in [7, 11) is 1.19. The average molecular weight is 266 g/mol. The van der Waals surface area contributed by atoms with E-state index in [2.05, 4.69) is 0 Å². The predicted molar refractivity (Wildman–Crippen MR) is 63.1 cm³/mol. The Morgan fingerprint density at radius 2 is 1.89 bits per heavy atom. The number of ether oxygens (including phenoxy) is 1. The van der Waals surface area contributed by atoms with Crippen molar-refractivity contribution in [3.8, 4) is 0 Å². The molecule has 0 heterocycles. The fourth-order valence-corrected chi connectivity index (χ4v) is 2.38. The zero-order chi connectivity index (χ0) is 13.6. The molecule has 1 aliphatic carbocycles. The second-order valence-electron chi connectivity index (χ2n) is 4.81. The zero-order valence-electron chi connectivity index (χ0n) is 10.6. The Balaban J connectivity index is 2.68. The third-order valence-electron chi connectivity index (χ3n) is 3.50. The number of aliphatic hydroxyl groups is 1. The zero-order valence-corrected chi connectivity index (χ0v) is 10.6. The van der Waals surface area contributed by atoms with Crippen LogP contribution in [0.2, 0.25) is 0 Å². The van der Waals surface area contributed by atoms with Crippen molar-refractivity contribution in [2.24, 2.45) is 11.8 Å². The second kappa shape index (κ2) is 7.14. The number of hydrogen-bond acceptors (Lipinski definition) is 2. The van der Waals surface area contributed by atoms with Crippen LogP contribution in [0.5, 0.6) is 0 Å². The molecule has 0 unspecified atom stereocenters. The molecule has 0 radical (unpaired) electrons. The monoisotopic (exact) mass is 266 g/mol. The molecule has 106 valence electrons. The molecular formula is C13H21F3O2. The van der Waals surface area contributed by atoms with Gasteiger partial charge < -0.3 is 9.84 Å². The lowest BCUT2D eigenvalue weighted by Gasteiger charge is -2.25. The van der Waals surface area contributed by atoms with Crippen molar-refractivity contribution in [3.63, 3.8) is 0 Å². The molecule has 1 aliphatic rings. The minimum atomic E-state index is -4.38. The van der Waals surface area contributed by atoms with Crippen LogP contribution in [0, 0.1) is 11.8 Å². The third-order valence-corrected chi connectivity index (χ3v) is 3.50. The minimum Gasteiger partial charge on any atom is -0.394 e. The summed E-state index contributed by atoms with van der Waals surface area (Å²) in [5, 5.41) is 8.94. The molecule has 1 saturated carbocycles. The topological polar surface area (TPSA) is 29.5 Å². The van der Waals surface area contributed by atoms with E-state index in [-0.39, 0.29) is 5.92 Å². The Morgan fingerprint density at radius 1 is 1.28 bits per heavy atom. The molecule has 0 bridgehead atoms. The standard InChI is InChI=1S/C13H21F3O2/c1-18-12(9-17)11(13(14,15)16)8-7-10-5-3-2-4-6-10/h7-8,10-12,17H,2-6,9H2,1H3/b8-7+/t11-,12-/m0/s1. The predicted octanol–water partition coefficient (Wildman–Crippen LogP) is 3.31. The molecule has 0 aliphatic heterocycles. The molecular weight excluding hydrogens is 245 g/mol. The summed E-state index contributed by atoms with van der Waals surface area (Å²) >= 11 is 0. The molecule has 0 amide bonds. The Kier molecular flexibility index (Phi) is 6.15. The van der Waals surface area contributed by atoms with Gasteiger partial charge in [0.15, 0.2) is 0 Å². The Bertz CT molecular complexity index is 253. The summed E-state index contributed by atoms with van der Waals surface area (Å²) < 4.78 is 43.3. The molecule has 0 aromatic rings. The van der Waals surface area contributed by atoms with Crippen LogP contribution in [0.25, 0.3) is 0 Å². The third kappa shape index (κ3) is 4.61. The van der Waals surface area contributed by atoms with Crippen LogP contribution >= 0.6 is 0 Å². The van der Waals surface area contributed by atoms with Crippen molar-refractivity contribution in [2.75, 3.05) is 13.7 Å². The Labute approximate surface area is 106 Å². The first-order valence-corrected chi connectivity index (χ1v) is 6.37. The molecule has 1 N–H and O–H groups in total. The highest BCUT2D eigenvalue weighted by Gasteiger charge is 2.43. The largest absolute Gasteiger partial charge is 0.397 e. The number of hydrogen-bond donors (Lipinski definition) is 1. The number of rotatable bonds is 5. The van der Waals surface area contributed by atoms with Crippen LogP contribution in [-0.2, 0) is 4.74 Å². The Hall–Kier alpha value is -0.550. The summed E-state index contributed by atoms with van der Waals surface area (Å²) in [6, 6.07) is 0. The second-order valence-corrected chi connectivity index (χ2v) is 4.81. The molecule has 1 fully saturated rings. The van der Waals surface area contributed by atoms with E-state index in [0.717, 1.165) is 25.7 Å². The maximum absolute atomic E-state index is 12.9. The van der Waals surface area contributed by atoms with E-state index in [9.17, 15) is 13.2 Å². The number of allylic oxidation sites excluding steroid dienone is 1. The van der Waals surface area contributed by atoms with Gasteiger partial charge >= 0.3 is 6.18 Å². The molecule has 18 heavy (non-hydrogen) atoms. The van der Waals surface area contributed by atoms with Gasteiger partial charge in [-0.15, -0.1) is 0 Å². The smallest absolute Gasteiger partial charge is 0.394 e. The number of halogens is 3. The van der Waals surface area contributed by atoms with Gasteiger partial charge in [-0.1, -0.05) is 31.4 Å². The van der Waals surface area contributed by atoms with Crippen molar-refractivity contribution in [1.82, 2.24) is 0 Å². The van der Waals surface area contributed by atoms with Crippen LogP contribution in [0.4, 0.5) is 13.2 Å². The SMILES string of the molecule is CO[C@@H](CO)[C@H](/C=C/C1CCCCC1)C(F)(F)F. The summed E-state index contributed by atoms with van der Waals surface area (Å²) in [4.78, 5) is 0. The quantitative estimate of drug-likeness (QED) is 0.774. The molecule has 2 atom stereocenters. The van der Waals surface area contributed by atoms with E-state index in [4.69, 9.17) is 9.84 Å². The van der Waals surface area contributed by atoms with Gasteiger partial charge in [-0.05, 0) is 18.8 Å². The van der Waals surface area contributed by atoms with Gasteiger partial charge in [0.2, 0.25) is 0 Å². The summed E-state index contributed by atoms with van der Waals surface area (Å²) in [6.45, 7) is -0.629. The van der Waals surface area contributed by atoms with Gasteiger partial charge in [-0.2, -0.15) is 13.2 Å². The van der Waals surface area contributed by atoms with Crippen molar-refractivity contribution in [3.05, 3.63) is 12.2 Å². The van der Waals surface area contributed by atoms with Crippen LogP contribution in [0.3, 0.4) is 0 Å². The van der Waals surface area contributed by atoms with E-state index in [0.29, 0.717) is 0 Å². The van der Waals surface area contributed by atoms with Gasteiger partial charge in [0.25, 0.3) is 0 Å². The van der Waals surface area contributed by atoms with Crippen LogP contribution in [-0.4, -0.2) is 31.1 Å². The van der Waals surface area contributed by atoms with E-state index in [1.165, 1.54) is 19.6 Å². The first kappa shape index (κ1) is 15.5. The lowest BCUT2D eigenvalue weighted by molar-refractivity contribution is -0.193. The fourth-order valence-electron chi connectivity index (χ4n) is 2.38. The first-order valence-electron chi connectivity index (χ1n) is 6.37. The highest BCUT2D eigenvalue weighted by atomic mass is 19.4. The summed E-state index contributed by atoms with van der Waals surface area (Å²) in [5.41, 5.74) is 0. The van der Waals surface area contributed by atoms with Crippen molar-refractivity contribution in [2.45, 2.75) is 44.4 Å². The summed E-state index contributed by atoms with van der Waals surface area (Å²) in [5.74, 6) is -1.49. The highest BCUT2D eigenvalue weighted by Crippen LogP contribution is 2.33. The normalized spacial score (nSPS) is 22.3. The van der Waals surface area contributed by atoms with Gasteiger partial charge in [-0.3, -0.25) is 0 Å². The number of methoxy groups -OCH3 is 1. The lowest BCUT2D eigenvalue weighted by atomic mass is 9.87. The lowest BCUT2D eigenvalue weighted by Crippen LogP contribution is -2.36. The molecule has 0 spiro atoms. The van der Waals surface area contributed by atoms with Crippen molar-refractivity contribution in [1.29, 1.82) is 0 Å². The molecule has 5 heteroatoms. The molecule has 0 saturated heterocycles. The van der Waals surface area contributed by atoms with Crippen LogP contribution < -0.4 is 0 Å². The van der Waals surface area contributed by atoms with Gasteiger partial charge in [-0.25, -0.2) is 0 Å². The molecule has 0 aromatic carbocycles. The van der Waals surface area contributed by atoms with E-state index in [1.54, 1.807) is 6.08 Å². The fraction of sp³-hybridized carbons (Fsp3) is 0.846. The van der Waals surface area contributed by atoms with Crippen LogP contribution in [0.1, 0.15) is 32.1 Å². The maximum Gasteiger partial charge on any atom is 0.397 e.